The van der Waals surface area contributed by atoms with E-state index in [9.17, 15) is 0 Å². The standard InChI is InChI=1S/C58H52N2O2.Pt/c1-56(2,3)41-35-50(38-23-14-11-15-24-38)59-53(36-41)61-52-34-39(37-21-12-10-13-22-37)33-51(60-52)45-28-20-27-44-47-32-40(42-25-16-18-29-48(42)57(4,5)6)31-46(55(47)62-54(44)45)43-26-17-19-30-49(43)58(7,8)9;/h10-23,25-27,29-36H,1-9H3;/q-2;+2. The van der Waals surface area contributed by atoms with Gasteiger partial charge in [0, 0.05) is 23.1 Å². The van der Waals surface area contributed by atoms with Crippen molar-refractivity contribution < 1.29 is 30.2 Å². The Morgan fingerprint density at radius 1 is 0.460 bits per heavy atom. The average Bonchev–Trinajstić information content (AvgIpc) is 3.64. The zero-order chi connectivity index (χ0) is 43.4. The molecule has 0 aliphatic heterocycles. The van der Waals surface area contributed by atoms with Crippen molar-refractivity contribution in [2.45, 2.75) is 78.6 Å². The Morgan fingerprint density at radius 2 is 1.10 bits per heavy atom. The van der Waals surface area contributed by atoms with Crippen LogP contribution in [0.1, 0.15) is 79.0 Å². The molecule has 0 radical (unpaired) electrons. The van der Waals surface area contributed by atoms with E-state index >= 15 is 0 Å². The van der Waals surface area contributed by atoms with Crippen molar-refractivity contribution in [2.24, 2.45) is 0 Å². The number of hydrogen-bond acceptors (Lipinski definition) is 4. The van der Waals surface area contributed by atoms with Gasteiger partial charge in [0.2, 0.25) is 11.8 Å². The molecule has 3 aromatic heterocycles. The molecule has 0 spiro atoms. The van der Waals surface area contributed by atoms with Crippen LogP contribution in [-0.2, 0) is 37.3 Å². The van der Waals surface area contributed by atoms with Gasteiger partial charge < -0.3 is 9.15 Å². The normalized spacial score (nSPS) is 12.1. The molecule has 6 aromatic carbocycles. The number of pyridine rings is 2. The van der Waals surface area contributed by atoms with Crippen LogP contribution >= 0.6 is 0 Å². The fourth-order valence-electron chi connectivity index (χ4n) is 8.42. The minimum atomic E-state index is -0.151. The van der Waals surface area contributed by atoms with Crippen LogP contribution in [0.25, 0.3) is 77.8 Å². The van der Waals surface area contributed by atoms with Crippen molar-refractivity contribution in [3.8, 4) is 67.7 Å². The van der Waals surface area contributed by atoms with E-state index in [0.29, 0.717) is 17.5 Å². The SMILES string of the molecule is CC(C)(C)c1cc(Oc2cc(-c3ccccc3)cc(-c3[c-]ccc4c3oc3c(-c5ccccc5C(C)(C)C)cc(-c5ccccc5C(C)(C)C)cc34)n2)nc(-c2[c-]cccc2)c1.[Pt+2]. The first-order valence-electron chi connectivity index (χ1n) is 21.5. The summed E-state index contributed by atoms with van der Waals surface area (Å²) in [6.45, 7) is 20.2. The molecule has 0 aliphatic rings. The number of hydrogen-bond donors (Lipinski definition) is 0. The molecule has 4 nitrogen and oxygen atoms in total. The second kappa shape index (κ2) is 16.9. The number of fused-ring (bicyclic) bond motifs is 3. The van der Waals surface area contributed by atoms with E-state index in [-0.39, 0.29) is 37.3 Å². The molecule has 0 N–H and O–H groups in total. The Hall–Kier alpha value is -6.09. The zero-order valence-corrected chi connectivity index (χ0v) is 39.7. The number of benzene rings is 6. The van der Waals surface area contributed by atoms with Crippen molar-refractivity contribution in [2.75, 3.05) is 0 Å². The molecule has 0 amide bonds. The third-order valence-electron chi connectivity index (χ3n) is 11.6. The maximum Gasteiger partial charge on any atom is 2.00 e. The molecule has 63 heavy (non-hydrogen) atoms. The largest absolute Gasteiger partial charge is 2.00 e. The van der Waals surface area contributed by atoms with Gasteiger partial charge >= 0.3 is 21.1 Å². The summed E-state index contributed by atoms with van der Waals surface area (Å²) in [6.07, 6.45) is 0. The summed E-state index contributed by atoms with van der Waals surface area (Å²) < 4.78 is 13.9. The molecule has 0 saturated carbocycles. The summed E-state index contributed by atoms with van der Waals surface area (Å²) in [5.74, 6) is 0.884. The van der Waals surface area contributed by atoms with Crippen LogP contribution in [0.15, 0.2) is 156 Å². The molecule has 0 aliphatic carbocycles. The monoisotopic (exact) mass is 1000 g/mol. The number of nitrogens with zero attached hydrogens (tertiary/aromatic N) is 2. The van der Waals surface area contributed by atoms with Crippen LogP contribution in [0.2, 0.25) is 0 Å². The van der Waals surface area contributed by atoms with Crippen molar-refractivity contribution >= 4 is 21.9 Å². The topological polar surface area (TPSA) is 48.2 Å². The third-order valence-corrected chi connectivity index (χ3v) is 11.6. The van der Waals surface area contributed by atoms with Crippen molar-refractivity contribution in [1.29, 1.82) is 0 Å². The zero-order valence-electron chi connectivity index (χ0n) is 37.5. The van der Waals surface area contributed by atoms with Gasteiger partial charge in [-0.2, -0.15) is 0 Å². The van der Waals surface area contributed by atoms with Crippen LogP contribution in [0, 0.1) is 12.1 Å². The van der Waals surface area contributed by atoms with E-state index in [2.05, 4.69) is 165 Å². The average molecular weight is 1000 g/mol. The van der Waals surface area contributed by atoms with E-state index in [4.69, 9.17) is 19.1 Å². The van der Waals surface area contributed by atoms with Crippen LogP contribution in [0.3, 0.4) is 0 Å². The Bertz CT molecular complexity index is 3090. The van der Waals surface area contributed by atoms with Gasteiger partial charge in [0.05, 0.1) is 5.58 Å². The summed E-state index contributed by atoms with van der Waals surface area (Å²) in [6, 6.07) is 59.6. The van der Waals surface area contributed by atoms with Gasteiger partial charge in [-0.1, -0.05) is 164 Å². The summed E-state index contributed by atoms with van der Waals surface area (Å²) >= 11 is 0. The van der Waals surface area contributed by atoms with Gasteiger partial charge in [0.15, 0.2) is 0 Å². The van der Waals surface area contributed by atoms with Gasteiger partial charge in [-0.15, -0.1) is 54.1 Å². The van der Waals surface area contributed by atoms with Gasteiger partial charge in [-0.05, 0) is 84.3 Å². The molecule has 0 unspecified atom stereocenters. The van der Waals surface area contributed by atoms with E-state index in [1.165, 1.54) is 16.7 Å². The molecule has 0 saturated heterocycles. The first-order chi connectivity index (χ1) is 29.6. The number of furan rings is 1. The first-order valence-corrected chi connectivity index (χ1v) is 21.5. The second-order valence-electron chi connectivity index (χ2n) is 19.3. The third kappa shape index (κ3) is 8.80. The van der Waals surface area contributed by atoms with Gasteiger partial charge in [0.1, 0.15) is 5.58 Å². The molecule has 9 rings (SSSR count). The minimum absolute atomic E-state index is 0. The molecule has 5 heteroatoms. The maximum absolute atomic E-state index is 7.17. The number of aromatic nitrogens is 2. The molecule has 3 heterocycles. The minimum Gasteiger partial charge on any atom is -0.500 e. The van der Waals surface area contributed by atoms with Crippen LogP contribution in [-0.4, -0.2) is 9.97 Å². The fraction of sp³-hybridized carbons (Fsp3) is 0.207. The smallest absolute Gasteiger partial charge is 0.500 e. The summed E-state index contributed by atoms with van der Waals surface area (Å²) in [5, 5.41) is 2.04. The maximum atomic E-state index is 7.17. The molecule has 0 bridgehead atoms. The molecule has 0 fully saturated rings. The quantitative estimate of drug-likeness (QED) is 0.149. The molecule has 9 aromatic rings. The molecular formula is C58H52N2O2Pt. The van der Waals surface area contributed by atoms with Crippen LogP contribution < -0.4 is 4.74 Å². The predicted octanol–water partition coefficient (Wildman–Crippen LogP) is 16.0. The molecule has 0 atom stereocenters. The Balaban J connectivity index is 0.00000544. The van der Waals surface area contributed by atoms with Crippen molar-refractivity contribution in [3.05, 3.63) is 180 Å². The second-order valence-corrected chi connectivity index (χ2v) is 19.3. The predicted molar refractivity (Wildman–Crippen MR) is 257 cm³/mol. The first kappa shape index (κ1) is 43.6. The Morgan fingerprint density at radius 3 is 1.78 bits per heavy atom. The van der Waals surface area contributed by atoms with Crippen molar-refractivity contribution in [1.82, 2.24) is 9.97 Å². The Labute approximate surface area is 386 Å². The summed E-state index contributed by atoms with van der Waals surface area (Å²) in [4.78, 5) is 10.2. The Kier molecular flexibility index (Phi) is 11.7. The van der Waals surface area contributed by atoms with E-state index in [0.717, 1.165) is 72.1 Å². The van der Waals surface area contributed by atoms with Crippen LogP contribution in [0.4, 0.5) is 0 Å². The summed E-state index contributed by atoms with van der Waals surface area (Å²) in [5.41, 5.74) is 14.6. The van der Waals surface area contributed by atoms with E-state index < -0.39 is 0 Å². The van der Waals surface area contributed by atoms with Gasteiger partial charge in [0.25, 0.3) is 0 Å². The molecule has 316 valence electrons. The van der Waals surface area contributed by atoms with E-state index in [1.54, 1.807) is 0 Å². The van der Waals surface area contributed by atoms with E-state index in [1.807, 2.05) is 60.7 Å². The fourth-order valence-corrected chi connectivity index (χ4v) is 8.42. The molecular weight excluding hydrogens is 952 g/mol. The van der Waals surface area contributed by atoms with Gasteiger partial charge in [-0.3, -0.25) is 9.97 Å². The van der Waals surface area contributed by atoms with Gasteiger partial charge in [-0.25, -0.2) is 0 Å². The summed E-state index contributed by atoms with van der Waals surface area (Å²) in [7, 11) is 0. The van der Waals surface area contributed by atoms with Crippen LogP contribution in [0.5, 0.6) is 11.8 Å². The van der Waals surface area contributed by atoms with Crippen molar-refractivity contribution in [3.63, 3.8) is 0 Å². The number of rotatable bonds is 7. The number of ether oxygens (including phenoxy) is 1.